The highest BCUT2D eigenvalue weighted by Gasteiger charge is 2.29. The lowest BCUT2D eigenvalue weighted by Crippen LogP contribution is -2.54. The molecule has 22 heavy (non-hydrogen) atoms. The van der Waals surface area contributed by atoms with Crippen molar-refractivity contribution in [1.82, 2.24) is 16.0 Å². The fourth-order valence-corrected chi connectivity index (χ4v) is 2.86. The molecule has 4 N–H and O–H groups in total. The van der Waals surface area contributed by atoms with Crippen molar-refractivity contribution in [2.75, 3.05) is 24.3 Å². The van der Waals surface area contributed by atoms with E-state index in [0.717, 1.165) is 19.4 Å². The fraction of sp³-hybridized carbons (Fsp3) is 0.769. The Morgan fingerprint density at radius 3 is 2.59 bits per heavy atom. The van der Waals surface area contributed by atoms with Crippen molar-refractivity contribution in [1.29, 1.82) is 0 Å². The van der Waals surface area contributed by atoms with Gasteiger partial charge in [0.25, 0.3) is 0 Å². The van der Waals surface area contributed by atoms with E-state index in [1.807, 2.05) is 6.26 Å². The van der Waals surface area contributed by atoms with E-state index >= 15 is 0 Å². The molecular weight excluding hydrogens is 326 g/mol. The first-order chi connectivity index (χ1) is 10.5. The van der Waals surface area contributed by atoms with E-state index in [-0.39, 0.29) is 17.7 Å². The van der Waals surface area contributed by atoms with E-state index in [9.17, 15) is 14.4 Å². The molecule has 1 saturated heterocycles. The molecule has 126 valence electrons. The van der Waals surface area contributed by atoms with Crippen LogP contribution in [0.15, 0.2) is 0 Å². The summed E-state index contributed by atoms with van der Waals surface area (Å²) in [5, 5.41) is 17.2. The highest BCUT2D eigenvalue weighted by Crippen LogP contribution is 2.07. The lowest BCUT2D eigenvalue weighted by Gasteiger charge is -2.22. The molecule has 0 spiro atoms. The van der Waals surface area contributed by atoms with Crippen molar-refractivity contribution in [3.05, 3.63) is 0 Å². The minimum absolute atomic E-state index is 0.00551. The highest BCUT2D eigenvalue weighted by molar-refractivity contribution is 7.98. The SMILES string of the molecule is CSCCC(NC(=O)C1CCCN1)C(=O)NC(CS)C(=O)O. The van der Waals surface area contributed by atoms with Crippen molar-refractivity contribution < 1.29 is 19.5 Å². The number of aliphatic carboxylic acids is 1. The van der Waals surface area contributed by atoms with Crippen LogP contribution < -0.4 is 16.0 Å². The predicted octanol–water partition coefficient (Wildman–Crippen LogP) is -0.524. The van der Waals surface area contributed by atoms with Gasteiger partial charge < -0.3 is 21.1 Å². The van der Waals surface area contributed by atoms with E-state index in [1.165, 1.54) is 0 Å². The first kappa shape index (κ1) is 19.1. The summed E-state index contributed by atoms with van der Waals surface area (Å²) in [5.74, 6) is -1.15. The molecular formula is C13H23N3O4S2. The molecule has 1 rings (SSSR count). The van der Waals surface area contributed by atoms with Gasteiger partial charge in [-0.2, -0.15) is 24.4 Å². The summed E-state index contributed by atoms with van der Waals surface area (Å²) in [6, 6.07) is -2.07. The molecule has 0 aliphatic carbocycles. The summed E-state index contributed by atoms with van der Waals surface area (Å²) in [7, 11) is 0. The molecule has 1 aliphatic rings. The van der Waals surface area contributed by atoms with Crippen LogP contribution in [-0.4, -0.2) is 65.3 Å². The smallest absolute Gasteiger partial charge is 0.327 e. The Labute approximate surface area is 139 Å². The Bertz CT molecular complexity index is 403. The normalized spacial score (nSPS) is 20.2. The average Bonchev–Trinajstić information content (AvgIpc) is 3.02. The predicted molar refractivity (Wildman–Crippen MR) is 89.4 cm³/mol. The summed E-state index contributed by atoms with van der Waals surface area (Å²) < 4.78 is 0. The van der Waals surface area contributed by atoms with E-state index < -0.39 is 24.0 Å². The zero-order valence-corrected chi connectivity index (χ0v) is 14.2. The van der Waals surface area contributed by atoms with Crippen LogP contribution in [0.3, 0.4) is 0 Å². The second-order valence-electron chi connectivity index (χ2n) is 5.07. The van der Waals surface area contributed by atoms with E-state index in [1.54, 1.807) is 11.8 Å². The number of carboxylic acids is 1. The van der Waals surface area contributed by atoms with Crippen LogP contribution in [0.5, 0.6) is 0 Å². The Morgan fingerprint density at radius 2 is 2.09 bits per heavy atom. The van der Waals surface area contributed by atoms with Gasteiger partial charge in [0.1, 0.15) is 12.1 Å². The average molecular weight is 349 g/mol. The quantitative estimate of drug-likeness (QED) is 0.359. The van der Waals surface area contributed by atoms with Crippen molar-refractivity contribution in [2.24, 2.45) is 0 Å². The maximum Gasteiger partial charge on any atom is 0.327 e. The van der Waals surface area contributed by atoms with Gasteiger partial charge in [-0.05, 0) is 37.8 Å². The Morgan fingerprint density at radius 1 is 1.36 bits per heavy atom. The molecule has 2 amide bonds. The van der Waals surface area contributed by atoms with Gasteiger partial charge in [-0.15, -0.1) is 0 Å². The third kappa shape index (κ3) is 6.05. The molecule has 7 nitrogen and oxygen atoms in total. The molecule has 0 saturated carbocycles. The third-order valence-corrected chi connectivity index (χ3v) is 4.43. The van der Waals surface area contributed by atoms with Crippen LogP contribution in [0.4, 0.5) is 0 Å². The molecule has 0 bridgehead atoms. The second kappa shape index (κ2) is 9.96. The van der Waals surface area contributed by atoms with Gasteiger partial charge in [0, 0.05) is 5.75 Å². The number of thioether (sulfide) groups is 1. The number of carbonyl (C=O) groups is 3. The van der Waals surface area contributed by atoms with E-state index in [4.69, 9.17) is 5.11 Å². The van der Waals surface area contributed by atoms with Crippen LogP contribution in [0, 0.1) is 0 Å². The highest BCUT2D eigenvalue weighted by atomic mass is 32.2. The van der Waals surface area contributed by atoms with Gasteiger partial charge in [0.05, 0.1) is 6.04 Å². The van der Waals surface area contributed by atoms with Crippen molar-refractivity contribution >= 4 is 42.2 Å². The molecule has 9 heteroatoms. The monoisotopic (exact) mass is 349 g/mol. The fourth-order valence-electron chi connectivity index (χ4n) is 2.14. The first-order valence-electron chi connectivity index (χ1n) is 7.16. The zero-order chi connectivity index (χ0) is 16.5. The number of nitrogens with one attached hydrogen (secondary N) is 3. The Hall–Kier alpha value is -0.930. The van der Waals surface area contributed by atoms with Gasteiger partial charge in [-0.1, -0.05) is 0 Å². The lowest BCUT2D eigenvalue weighted by atomic mass is 10.1. The van der Waals surface area contributed by atoms with E-state index in [0.29, 0.717) is 12.2 Å². The number of carbonyl (C=O) groups excluding carboxylic acids is 2. The molecule has 1 aliphatic heterocycles. The van der Waals surface area contributed by atoms with Gasteiger partial charge >= 0.3 is 5.97 Å². The van der Waals surface area contributed by atoms with Crippen LogP contribution in [0.1, 0.15) is 19.3 Å². The summed E-state index contributed by atoms with van der Waals surface area (Å²) in [6.45, 7) is 0.792. The molecule has 1 heterocycles. The topological polar surface area (TPSA) is 108 Å². The van der Waals surface area contributed by atoms with E-state index in [2.05, 4.69) is 28.6 Å². The number of thiol groups is 1. The molecule has 0 aromatic carbocycles. The molecule has 0 aromatic rings. The van der Waals surface area contributed by atoms with Gasteiger partial charge in [0.15, 0.2) is 0 Å². The van der Waals surface area contributed by atoms with Crippen molar-refractivity contribution in [3.8, 4) is 0 Å². The minimum atomic E-state index is -1.14. The number of amides is 2. The van der Waals surface area contributed by atoms with Gasteiger partial charge in [0.2, 0.25) is 11.8 Å². The first-order valence-corrected chi connectivity index (χ1v) is 9.19. The third-order valence-electron chi connectivity index (χ3n) is 3.42. The van der Waals surface area contributed by atoms with Crippen LogP contribution in [-0.2, 0) is 14.4 Å². The summed E-state index contributed by atoms with van der Waals surface area (Å²) in [5.41, 5.74) is 0. The lowest BCUT2D eigenvalue weighted by molar-refractivity contribution is -0.141. The molecule has 0 aromatic heterocycles. The van der Waals surface area contributed by atoms with Crippen LogP contribution in [0.25, 0.3) is 0 Å². The van der Waals surface area contributed by atoms with Crippen molar-refractivity contribution in [2.45, 2.75) is 37.4 Å². The molecule has 0 radical (unpaired) electrons. The molecule has 3 unspecified atom stereocenters. The number of carboxylic acid groups (broad SMARTS) is 1. The van der Waals surface area contributed by atoms with Gasteiger partial charge in [-0.3, -0.25) is 9.59 Å². The van der Waals surface area contributed by atoms with Gasteiger partial charge in [-0.25, -0.2) is 4.79 Å². The number of rotatable bonds is 9. The molecule has 1 fully saturated rings. The maximum atomic E-state index is 12.2. The van der Waals surface area contributed by atoms with Crippen molar-refractivity contribution in [3.63, 3.8) is 0 Å². The Kier molecular flexibility index (Phi) is 8.66. The minimum Gasteiger partial charge on any atom is -0.480 e. The number of hydrogen-bond donors (Lipinski definition) is 5. The summed E-state index contributed by atoms with van der Waals surface area (Å²) in [6.07, 6.45) is 4.03. The molecule has 3 atom stereocenters. The van der Waals surface area contributed by atoms with Crippen LogP contribution >= 0.6 is 24.4 Å². The standard InChI is InChI=1S/C13H23N3O4S2/c1-22-6-4-9(12(18)16-10(7-21)13(19)20)15-11(17)8-3-2-5-14-8/h8-10,14,21H,2-7H2,1H3,(H,15,17)(H,16,18)(H,19,20). The zero-order valence-electron chi connectivity index (χ0n) is 12.5. The Balaban J connectivity index is 2.63. The largest absolute Gasteiger partial charge is 0.480 e. The summed E-state index contributed by atoms with van der Waals surface area (Å²) >= 11 is 5.47. The number of hydrogen-bond acceptors (Lipinski definition) is 6. The maximum absolute atomic E-state index is 12.2. The summed E-state index contributed by atoms with van der Waals surface area (Å²) in [4.78, 5) is 35.3. The second-order valence-corrected chi connectivity index (χ2v) is 6.42. The van der Waals surface area contributed by atoms with Crippen LogP contribution in [0.2, 0.25) is 0 Å².